The van der Waals surface area contributed by atoms with Gasteiger partial charge in [0.25, 0.3) is 0 Å². The number of benzene rings is 2. The van der Waals surface area contributed by atoms with E-state index in [1.807, 2.05) is 0 Å². The van der Waals surface area contributed by atoms with Gasteiger partial charge in [0.15, 0.2) is 0 Å². The van der Waals surface area contributed by atoms with E-state index in [2.05, 4.69) is 77.4 Å². The van der Waals surface area contributed by atoms with Crippen molar-refractivity contribution < 1.29 is 0 Å². The molecule has 25 heavy (non-hydrogen) atoms. The Hall–Kier alpha value is -2.10. The fraction of sp³-hybridized carbons (Fsp3) is 0.364. The Morgan fingerprint density at radius 2 is 1.80 bits per heavy atom. The molecule has 0 aliphatic carbocycles. The monoisotopic (exact) mass is 333 g/mol. The van der Waals surface area contributed by atoms with Gasteiger partial charge in [-0.2, -0.15) is 0 Å². The zero-order chi connectivity index (χ0) is 17.2. The molecule has 2 aromatic carbocycles. The number of aromatic nitrogens is 1. The van der Waals surface area contributed by atoms with Crippen LogP contribution in [0.1, 0.15) is 29.2 Å². The van der Waals surface area contributed by atoms with E-state index in [4.69, 9.17) is 0 Å². The van der Waals surface area contributed by atoms with Gasteiger partial charge in [0.1, 0.15) is 0 Å². The summed E-state index contributed by atoms with van der Waals surface area (Å²) < 4.78 is 2.29. The van der Waals surface area contributed by atoms with Crippen LogP contribution in [-0.4, -0.2) is 22.6 Å². The number of fused-ring (bicyclic) bond motifs is 2. The summed E-state index contributed by atoms with van der Waals surface area (Å²) in [6.07, 6.45) is 3.40. The second kappa shape index (κ2) is 7.03. The number of hydrogen-bond acceptors (Lipinski definition) is 2. The van der Waals surface area contributed by atoms with Crippen LogP contribution in [0, 0.1) is 0 Å². The molecule has 1 aliphatic heterocycles. The summed E-state index contributed by atoms with van der Waals surface area (Å²) in [7, 11) is 2.17. The van der Waals surface area contributed by atoms with Gasteiger partial charge < -0.3 is 9.88 Å². The second-order valence-corrected chi connectivity index (χ2v) is 7.14. The van der Waals surface area contributed by atoms with Gasteiger partial charge in [0.05, 0.1) is 0 Å². The lowest BCUT2D eigenvalue weighted by atomic mass is 10.0. The lowest BCUT2D eigenvalue weighted by Crippen LogP contribution is -2.15. The third-order valence-electron chi connectivity index (χ3n) is 5.25. The Morgan fingerprint density at radius 3 is 2.56 bits per heavy atom. The van der Waals surface area contributed by atoms with Crippen molar-refractivity contribution in [3.8, 4) is 0 Å². The molecule has 1 aliphatic rings. The molecular weight excluding hydrogens is 306 g/mol. The van der Waals surface area contributed by atoms with Crippen molar-refractivity contribution in [3.63, 3.8) is 0 Å². The number of aryl methyl sites for hydroxylation is 1. The highest BCUT2D eigenvalue weighted by Gasteiger charge is 2.21. The van der Waals surface area contributed by atoms with Crippen molar-refractivity contribution in [1.29, 1.82) is 0 Å². The Morgan fingerprint density at radius 1 is 1.04 bits per heavy atom. The molecule has 0 fully saturated rings. The van der Waals surface area contributed by atoms with E-state index in [9.17, 15) is 0 Å². The maximum atomic E-state index is 3.44. The Labute approximate surface area is 150 Å². The minimum Gasteiger partial charge on any atom is -0.350 e. The van der Waals surface area contributed by atoms with Crippen molar-refractivity contribution >= 4 is 10.9 Å². The van der Waals surface area contributed by atoms with Crippen molar-refractivity contribution in [2.45, 2.75) is 33.0 Å². The molecule has 130 valence electrons. The molecule has 3 heteroatoms. The number of likely N-dealkylation sites (N-methyl/N-ethyl adjacent to an activating group) is 1. The van der Waals surface area contributed by atoms with Crippen molar-refractivity contribution in [3.05, 3.63) is 70.9 Å². The van der Waals surface area contributed by atoms with Gasteiger partial charge in [0, 0.05) is 43.8 Å². The van der Waals surface area contributed by atoms with Gasteiger partial charge in [0.2, 0.25) is 0 Å². The third kappa shape index (κ3) is 3.35. The summed E-state index contributed by atoms with van der Waals surface area (Å²) in [5.74, 6) is 0. The largest absolute Gasteiger partial charge is 0.350 e. The highest BCUT2D eigenvalue weighted by atomic mass is 15.1. The van der Waals surface area contributed by atoms with E-state index in [0.717, 1.165) is 39.1 Å². The van der Waals surface area contributed by atoms with Gasteiger partial charge in [-0.3, -0.25) is 4.90 Å². The predicted molar refractivity (Wildman–Crippen MR) is 105 cm³/mol. The molecule has 0 atom stereocenters. The Balaban J connectivity index is 1.57. The third-order valence-corrected chi connectivity index (χ3v) is 5.25. The van der Waals surface area contributed by atoms with Crippen LogP contribution in [0.2, 0.25) is 0 Å². The topological polar surface area (TPSA) is 20.2 Å². The quantitative estimate of drug-likeness (QED) is 0.692. The van der Waals surface area contributed by atoms with Gasteiger partial charge >= 0.3 is 0 Å². The van der Waals surface area contributed by atoms with Crippen molar-refractivity contribution in [2.75, 3.05) is 13.1 Å². The smallest absolute Gasteiger partial charge is 0.0484 e. The Bertz CT molecular complexity index is 864. The van der Waals surface area contributed by atoms with Crippen LogP contribution in [0.3, 0.4) is 0 Å². The summed E-state index contributed by atoms with van der Waals surface area (Å²) >= 11 is 0. The molecule has 0 spiro atoms. The van der Waals surface area contributed by atoms with Crippen LogP contribution < -0.4 is 5.32 Å². The average molecular weight is 333 g/mol. The lowest BCUT2D eigenvalue weighted by Gasteiger charge is -2.14. The first kappa shape index (κ1) is 16.4. The van der Waals surface area contributed by atoms with Gasteiger partial charge in [-0.05, 0) is 53.9 Å². The van der Waals surface area contributed by atoms with Crippen molar-refractivity contribution in [2.24, 2.45) is 7.05 Å². The minimum absolute atomic E-state index is 1.03. The van der Waals surface area contributed by atoms with Crippen LogP contribution in [-0.2, 0) is 33.1 Å². The van der Waals surface area contributed by atoms with E-state index in [1.54, 1.807) is 0 Å². The second-order valence-electron chi connectivity index (χ2n) is 7.14. The first-order valence-corrected chi connectivity index (χ1v) is 9.31. The van der Waals surface area contributed by atoms with Gasteiger partial charge in [-0.1, -0.05) is 37.3 Å². The first-order valence-electron chi connectivity index (χ1n) is 9.31. The highest BCUT2D eigenvalue weighted by molar-refractivity contribution is 5.85. The van der Waals surface area contributed by atoms with E-state index in [1.165, 1.54) is 33.2 Å². The summed E-state index contributed by atoms with van der Waals surface area (Å²) in [6.45, 7) is 7.39. The van der Waals surface area contributed by atoms with Gasteiger partial charge in [-0.15, -0.1) is 0 Å². The summed E-state index contributed by atoms with van der Waals surface area (Å²) in [5.41, 5.74) is 7.21. The number of rotatable bonds is 6. The van der Waals surface area contributed by atoms with E-state index >= 15 is 0 Å². The molecule has 0 saturated heterocycles. The van der Waals surface area contributed by atoms with Crippen LogP contribution >= 0.6 is 0 Å². The molecule has 1 aromatic heterocycles. The van der Waals surface area contributed by atoms with Crippen LogP contribution in [0.5, 0.6) is 0 Å². The first-order chi connectivity index (χ1) is 12.2. The number of hydrogen-bond donors (Lipinski definition) is 1. The zero-order valence-corrected chi connectivity index (χ0v) is 15.3. The molecule has 0 amide bonds. The summed E-state index contributed by atoms with van der Waals surface area (Å²) in [5, 5.41) is 4.87. The summed E-state index contributed by atoms with van der Waals surface area (Å²) in [6, 6.07) is 15.6. The van der Waals surface area contributed by atoms with Crippen LogP contribution in [0.25, 0.3) is 10.9 Å². The van der Waals surface area contributed by atoms with Crippen LogP contribution in [0.4, 0.5) is 0 Å². The van der Waals surface area contributed by atoms with Crippen LogP contribution in [0.15, 0.2) is 48.7 Å². The molecule has 0 bridgehead atoms. The Kier molecular flexibility index (Phi) is 4.60. The molecule has 4 rings (SSSR count). The van der Waals surface area contributed by atoms with E-state index < -0.39 is 0 Å². The SMILES string of the molecule is CCNCCc1cn(C)c2cc3c(cc12)CN(Cc1ccccc1)C3. The minimum atomic E-state index is 1.03. The fourth-order valence-electron chi connectivity index (χ4n) is 3.98. The molecule has 1 N–H and O–H groups in total. The molecular formula is C22H27N3. The van der Waals surface area contributed by atoms with E-state index in [-0.39, 0.29) is 0 Å². The molecule has 2 heterocycles. The molecule has 0 unspecified atom stereocenters. The predicted octanol–water partition coefficient (Wildman–Crippen LogP) is 3.85. The summed E-state index contributed by atoms with van der Waals surface area (Å²) in [4.78, 5) is 2.54. The molecule has 3 nitrogen and oxygen atoms in total. The van der Waals surface area contributed by atoms with E-state index in [0.29, 0.717) is 0 Å². The number of nitrogens with zero attached hydrogens (tertiary/aromatic N) is 2. The lowest BCUT2D eigenvalue weighted by molar-refractivity contribution is 0.275. The number of nitrogens with one attached hydrogen (secondary N) is 1. The zero-order valence-electron chi connectivity index (χ0n) is 15.3. The highest BCUT2D eigenvalue weighted by Crippen LogP contribution is 2.31. The molecule has 0 radical (unpaired) electrons. The molecule has 0 saturated carbocycles. The molecule has 3 aromatic rings. The fourth-order valence-corrected chi connectivity index (χ4v) is 3.98. The van der Waals surface area contributed by atoms with Gasteiger partial charge in [-0.25, -0.2) is 0 Å². The standard InChI is InChI=1S/C22H27N3/c1-3-23-10-9-18-14-24(2)22-12-20-16-25(15-19(20)11-21(18)22)13-17-7-5-4-6-8-17/h4-8,11-12,14,23H,3,9-10,13,15-16H2,1-2H3. The maximum absolute atomic E-state index is 3.44. The van der Waals surface area contributed by atoms with Crippen molar-refractivity contribution in [1.82, 2.24) is 14.8 Å². The maximum Gasteiger partial charge on any atom is 0.0484 e. The normalized spacial score (nSPS) is 14.3. The average Bonchev–Trinajstić information content (AvgIpc) is 3.14.